The van der Waals surface area contributed by atoms with Crippen molar-refractivity contribution >= 4 is 23.2 Å². The van der Waals surface area contributed by atoms with E-state index in [-0.39, 0.29) is 24.2 Å². The summed E-state index contributed by atoms with van der Waals surface area (Å²) in [7, 11) is 0. The molecule has 0 saturated carbocycles. The molecule has 0 aromatic heterocycles. The van der Waals surface area contributed by atoms with E-state index in [1.165, 1.54) is 12.1 Å². The number of anilines is 2. The predicted octanol–water partition coefficient (Wildman–Crippen LogP) is 3.59. The van der Waals surface area contributed by atoms with Crippen LogP contribution in [-0.4, -0.2) is 31.4 Å². The maximum Gasteiger partial charge on any atom is 0.255 e. The fourth-order valence-electron chi connectivity index (χ4n) is 3.29. The minimum absolute atomic E-state index is 0.00478. The second-order valence-electron chi connectivity index (χ2n) is 7.22. The van der Waals surface area contributed by atoms with E-state index in [1.807, 2.05) is 29.2 Å². The van der Waals surface area contributed by atoms with Crippen LogP contribution in [-0.2, 0) is 11.4 Å². The van der Waals surface area contributed by atoms with Crippen molar-refractivity contribution in [1.29, 1.82) is 0 Å². The van der Waals surface area contributed by atoms with E-state index in [0.717, 1.165) is 17.8 Å². The number of halogens is 1. The molecule has 1 aliphatic rings. The Balaban J connectivity index is 1.36. The van der Waals surface area contributed by atoms with E-state index in [2.05, 4.69) is 10.6 Å². The van der Waals surface area contributed by atoms with Crippen LogP contribution in [0.4, 0.5) is 15.8 Å². The Morgan fingerprint density at radius 3 is 2.58 bits per heavy atom. The van der Waals surface area contributed by atoms with Crippen molar-refractivity contribution in [3.05, 3.63) is 89.7 Å². The number of amides is 2. The molecule has 0 radical (unpaired) electrons. The van der Waals surface area contributed by atoms with Crippen molar-refractivity contribution in [3.8, 4) is 5.75 Å². The van der Waals surface area contributed by atoms with E-state index in [9.17, 15) is 14.0 Å². The van der Waals surface area contributed by atoms with Gasteiger partial charge >= 0.3 is 0 Å². The van der Waals surface area contributed by atoms with Crippen LogP contribution in [0.5, 0.6) is 5.75 Å². The summed E-state index contributed by atoms with van der Waals surface area (Å²) < 4.78 is 18.7. The quantitative estimate of drug-likeness (QED) is 0.641. The Bertz CT molecular complexity index is 1070. The van der Waals surface area contributed by atoms with Crippen LogP contribution in [0.25, 0.3) is 0 Å². The standard InChI is InChI=1S/C24H22FN3O3/c25-19-6-4-17(5-7-19)16-31-22-3-1-2-18(14-22)24(30)27-20-8-10-21(11-9-20)28-13-12-26-23(29)15-28/h1-11,14H,12-13,15-16H2,(H,26,29)(H,27,30). The van der Waals surface area contributed by atoms with Gasteiger partial charge in [0.05, 0.1) is 6.54 Å². The molecule has 1 aliphatic heterocycles. The number of piperazine rings is 1. The summed E-state index contributed by atoms with van der Waals surface area (Å²) >= 11 is 0. The molecule has 3 aromatic carbocycles. The van der Waals surface area contributed by atoms with Gasteiger partial charge in [0.15, 0.2) is 0 Å². The Hall–Kier alpha value is -3.87. The number of benzene rings is 3. The van der Waals surface area contributed by atoms with Gasteiger partial charge in [-0.2, -0.15) is 0 Å². The summed E-state index contributed by atoms with van der Waals surface area (Å²) in [6.45, 7) is 1.98. The lowest BCUT2D eigenvalue weighted by molar-refractivity contribution is -0.120. The Morgan fingerprint density at radius 1 is 1.06 bits per heavy atom. The highest BCUT2D eigenvalue weighted by Crippen LogP contribution is 2.20. The zero-order chi connectivity index (χ0) is 21.6. The summed E-state index contributed by atoms with van der Waals surface area (Å²) in [5.74, 6) is 0.00932. The molecule has 3 aromatic rings. The van der Waals surface area contributed by atoms with Crippen molar-refractivity contribution in [1.82, 2.24) is 5.32 Å². The molecule has 0 spiro atoms. The van der Waals surface area contributed by atoms with Gasteiger partial charge in [-0.1, -0.05) is 18.2 Å². The van der Waals surface area contributed by atoms with Gasteiger partial charge in [-0.3, -0.25) is 9.59 Å². The lowest BCUT2D eigenvalue weighted by atomic mass is 10.2. The van der Waals surface area contributed by atoms with E-state index < -0.39 is 0 Å². The lowest BCUT2D eigenvalue weighted by Crippen LogP contribution is -2.47. The third-order valence-corrected chi connectivity index (χ3v) is 4.94. The van der Waals surface area contributed by atoms with Crippen molar-refractivity contribution in [2.24, 2.45) is 0 Å². The zero-order valence-corrected chi connectivity index (χ0v) is 16.8. The highest BCUT2D eigenvalue weighted by Gasteiger charge is 2.16. The molecule has 7 heteroatoms. The molecule has 2 amide bonds. The molecule has 31 heavy (non-hydrogen) atoms. The van der Waals surface area contributed by atoms with Crippen LogP contribution in [0, 0.1) is 5.82 Å². The van der Waals surface area contributed by atoms with Crippen molar-refractivity contribution in [3.63, 3.8) is 0 Å². The highest BCUT2D eigenvalue weighted by molar-refractivity contribution is 6.04. The first kappa shape index (κ1) is 20.4. The van der Waals surface area contributed by atoms with Crippen LogP contribution in [0.1, 0.15) is 15.9 Å². The summed E-state index contributed by atoms with van der Waals surface area (Å²) in [6, 6.07) is 20.4. The number of nitrogens with one attached hydrogen (secondary N) is 2. The molecule has 0 atom stereocenters. The van der Waals surface area contributed by atoms with Gasteiger partial charge in [0.1, 0.15) is 18.2 Å². The molecule has 2 N–H and O–H groups in total. The number of hydrogen-bond donors (Lipinski definition) is 2. The highest BCUT2D eigenvalue weighted by atomic mass is 19.1. The van der Waals surface area contributed by atoms with Gasteiger partial charge in [-0.05, 0) is 60.2 Å². The molecule has 1 fully saturated rings. The largest absolute Gasteiger partial charge is 0.489 e. The second kappa shape index (κ2) is 9.30. The van der Waals surface area contributed by atoms with Crippen molar-refractivity contribution < 1.29 is 18.7 Å². The van der Waals surface area contributed by atoms with Crippen molar-refractivity contribution in [2.45, 2.75) is 6.61 Å². The molecule has 4 rings (SSSR count). The average Bonchev–Trinajstić information content (AvgIpc) is 2.79. The van der Waals surface area contributed by atoms with Gasteiger partial charge in [0.25, 0.3) is 5.91 Å². The first-order valence-corrected chi connectivity index (χ1v) is 9.97. The Kier molecular flexibility index (Phi) is 6.12. The van der Waals surface area contributed by atoms with Gasteiger partial charge in [0, 0.05) is 30.0 Å². The monoisotopic (exact) mass is 419 g/mol. The normalized spacial score (nSPS) is 13.5. The molecular weight excluding hydrogens is 397 g/mol. The van der Waals surface area contributed by atoms with Crippen LogP contribution in [0.2, 0.25) is 0 Å². The number of hydrogen-bond acceptors (Lipinski definition) is 4. The first-order chi connectivity index (χ1) is 15.1. The van der Waals surface area contributed by atoms with Gasteiger partial charge in [-0.15, -0.1) is 0 Å². The SMILES string of the molecule is O=C1CN(c2ccc(NC(=O)c3cccc(OCc4ccc(F)cc4)c3)cc2)CCN1. The number of rotatable bonds is 6. The van der Waals surface area contributed by atoms with Gasteiger partial charge < -0.3 is 20.3 Å². The van der Waals surface area contributed by atoms with E-state index >= 15 is 0 Å². The van der Waals surface area contributed by atoms with Crippen molar-refractivity contribution in [2.75, 3.05) is 29.9 Å². The Morgan fingerprint density at radius 2 is 1.84 bits per heavy atom. The minimum atomic E-state index is -0.295. The molecular formula is C24H22FN3O3. The fourth-order valence-corrected chi connectivity index (χ4v) is 3.29. The molecule has 1 saturated heterocycles. The third-order valence-electron chi connectivity index (χ3n) is 4.94. The number of ether oxygens (including phenoxy) is 1. The molecule has 0 aliphatic carbocycles. The molecule has 0 unspecified atom stereocenters. The fraction of sp³-hybridized carbons (Fsp3) is 0.167. The predicted molar refractivity (Wildman–Crippen MR) is 117 cm³/mol. The molecule has 158 valence electrons. The zero-order valence-electron chi connectivity index (χ0n) is 16.8. The van der Waals surface area contributed by atoms with Crippen LogP contribution in [0.3, 0.4) is 0 Å². The number of carbonyl (C=O) groups excluding carboxylic acids is 2. The van der Waals surface area contributed by atoms with E-state index in [0.29, 0.717) is 30.1 Å². The van der Waals surface area contributed by atoms with Crippen LogP contribution >= 0.6 is 0 Å². The average molecular weight is 419 g/mol. The molecule has 6 nitrogen and oxygen atoms in total. The van der Waals surface area contributed by atoms with Crippen LogP contribution < -0.4 is 20.3 Å². The second-order valence-corrected chi connectivity index (χ2v) is 7.22. The maximum atomic E-state index is 13.0. The third kappa shape index (κ3) is 5.39. The number of carbonyl (C=O) groups is 2. The lowest BCUT2D eigenvalue weighted by Gasteiger charge is -2.28. The Labute approximate surface area is 179 Å². The minimum Gasteiger partial charge on any atom is -0.489 e. The summed E-state index contributed by atoms with van der Waals surface area (Å²) in [4.78, 5) is 26.2. The maximum absolute atomic E-state index is 13.0. The van der Waals surface area contributed by atoms with E-state index in [1.54, 1.807) is 36.4 Å². The molecule has 0 bridgehead atoms. The van der Waals surface area contributed by atoms with Gasteiger partial charge in [0.2, 0.25) is 5.91 Å². The summed E-state index contributed by atoms with van der Waals surface area (Å²) in [5, 5.41) is 5.67. The van der Waals surface area contributed by atoms with Crippen LogP contribution in [0.15, 0.2) is 72.8 Å². The smallest absolute Gasteiger partial charge is 0.255 e. The summed E-state index contributed by atoms with van der Waals surface area (Å²) in [5.41, 5.74) is 2.90. The first-order valence-electron chi connectivity index (χ1n) is 9.97. The summed E-state index contributed by atoms with van der Waals surface area (Å²) in [6.07, 6.45) is 0. The molecule has 1 heterocycles. The van der Waals surface area contributed by atoms with Gasteiger partial charge in [-0.25, -0.2) is 4.39 Å². The number of nitrogens with zero attached hydrogens (tertiary/aromatic N) is 1. The topological polar surface area (TPSA) is 70.7 Å². The van der Waals surface area contributed by atoms with E-state index in [4.69, 9.17) is 4.74 Å².